The second-order valence-electron chi connectivity index (χ2n) is 4.40. The van der Waals surface area contributed by atoms with E-state index in [4.69, 9.17) is 5.26 Å². The first-order chi connectivity index (χ1) is 10.6. The Balaban J connectivity index is 1.92. The summed E-state index contributed by atoms with van der Waals surface area (Å²) >= 11 is 2.07. The number of anilines is 1. The zero-order valence-corrected chi connectivity index (χ0v) is 13.6. The lowest BCUT2D eigenvalue weighted by atomic mass is 10.2. The van der Waals surface area contributed by atoms with Crippen LogP contribution in [0.3, 0.4) is 0 Å². The summed E-state index contributed by atoms with van der Waals surface area (Å²) in [7, 11) is 0. The van der Waals surface area contributed by atoms with Crippen LogP contribution < -0.4 is 10.6 Å². The van der Waals surface area contributed by atoms with E-state index in [0.29, 0.717) is 16.8 Å². The zero-order chi connectivity index (χ0) is 15.9. The molecule has 2 N–H and O–H groups in total. The van der Waals surface area contributed by atoms with E-state index >= 15 is 0 Å². The van der Waals surface area contributed by atoms with Gasteiger partial charge in [-0.3, -0.25) is 9.59 Å². The van der Waals surface area contributed by atoms with E-state index in [1.165, 1.54) is 0 Å². The van der Waals surface area contributed by atoms with Crippen LogP contribution >= 0.6 is 22.6 Å². The summed E-state index contributed by atoms with van der Waals surface area (Å²) in [6.07, 6.45) is 0. The van der Waals surface area contributed by atoms with Crippen LogP contribution in [-0.4, -0.2) is 18.4 Å². The predicted octanol–water partition coefficient (Wildman–Crippen LogP) is 2.53. The molecule has 2 amide bonds. The minimum atomic E-state index is -0.352. The number of nitrogens with one attached hydrogen (secondary N) is 2. The molecule has 0 unspecified atom stereocenters. The Morgan fingerprint density at radius 3 is 2.64 bits per heavy atom. The van der Waals surface area contributed by atoms with Crippen LogP contribution in [0, 0.1) is 14.9 Å². The Morgan fingerprint density at radius 1 is 1.14 bits per heavy atom. The van der Waals surface area contributed by atoms with Gasteiger partial charge in [0.2, 0.25) is 5.91 Å². The van der Waals surface area contributed by atoms with Gasteiger partial charge in [-0.25, -0.2) is 0 Å². The van der Waals surface area contributed by atoms with Gasteiger partial charge in [0.05, 0.1) is 23.7 Å². The number of hydrogen-bond acceptors (Lipinski definition) is 3. The Hall–Kier alpha value is -2.40. The SMILES string of the molecule is N#Cc1cccc(NC(=O)CNC(=O)c2ccccc2I)c1. The van der Waals surface area contributed by atoms with E-state index in [-0.39, 0.29) is 18.4 Å². The average Bonchev–Trinajstić information content (AvgIpc) is 2.53. The van der Waals surface area contributed by atoms with Crippen LogP contribution in [0.15, 0.2) is 48.5 Å². The number of benzene rings is 2. The first-order valence-electron chi connectivity index (χ1n) is 6.43. The van der Waals surface area contributed by atoms with Gasteiger partial charge in [0.1, 0.15) is 0 Å². The van der Waals surface area contributed by atoms with Crippen molar-refractivity contribution in [2.45, 2.75) is 0 Å². The van der Waals surface area contributed by atoms with Crippen molar-refractivity contribution >= 4 is 40.1 Å². The van der Waals surface area contributed by atoms with Crippen molar-refractivity contribution in [1.29, 1.82) is 5.26 Å². The molecule has 2 rings (SSSR count). The maximum atomic E-state index is 12.0. The normalized spacial score (nSPS) is 9.64. The molecule has 0 bridgehead atoms. The summed E-state index contributed by atoms with van der Waals surface area (Å²) in [6.45, 7) is -0.138. The molecular formula is C16H12IN3O2. The van der Waals surface area contributed by atoms with Crippen LogP contribution in [0.5, 0.6) is 0 Å². The molecular weight excluding hydrogens is 393 g/mol. The number of carbonyl (C=O) groups is 2. The van der Waals surface area contributed by atoms with E-state index in [9.17, 15) is 9.59 Å². The molecule has 0 aromatic heterocycles. The molecule has 110 valence electrons. The maximum absolute atomic E-state index is 12.0. The molecule has 0 fully saturated rings. The molecule has 6 heteroatoms. The molecule has 0 radical (unpaired) electrons. The summed E-state index contributed by atoms with van der Waals surface area (Å²) in [5.74, 6) is -0.652. The van der Waals surface area contributed by atoms with E-state index < -0.39 is 0 Å². The van der Waals surface area contributed by atoms with Gasteiger partial charge in [-0.05, 0) is 52.9 Å². The second-order valence-corrected chi connectivity index (χ2v) is 5.57. The molecule has 5 nitrogen and oxygen atoms in total. The summed E-state index contributed by atoms with van der Waals surface area (Å²) < 4.78 is 0.819. The predicted molar refractivity (Wildman–Crippen MR) is 91.3 cm³/mol. The molecule has 0 atom stereocenters. The monoisotopic (exact) mass is 405 g/mol. The van der Waals surface area contributed by atoms with Crippen LogP contribution in [0.1, 0.15) is 15.9 Å². The molecule has 0 aliphatic rings. The van der Waals surface area contributed by atoms with Crippen LogP contribution in [-0.2, 0) is 4.79 Å². The second kappa shape index (κ2) is 7.56. The number of carbonyl (C=O) groups excluding carboxylic acids is 2. The number of amides is 2. The average molecular weight is 405 g/mol. The lowest BCUT2D eigenvalue weighted by Gasteiger charge is -2.08. The number of rotatable bonds is 4. The third-order valence-corrected chi connectivity index (χ3v) is 3.74. The molecule has 2 aromatic carbocycles. The summed E-state index contributed by atoms with van der Waals surface area (Å²) in [5.41, 5.74) is 1.51. The molecule has 0 aliphatic heterocycles. The van der Waals surface area contributed by atoms with Crippen molar-refractivity contribution in [1.82, 2.24) is 5.32 Å². The first kappa shape index (κ1) is 16.0. The fourth-order valence-corrected chi connectivity index (χ4v) is 2.41. The van der Waals surface area contributed by atoms with Crippen molar-refractivity contribution < 1.29 is 9.59 Å². The highest BCUT2D eigenvalue weighted by atomic mass is 127. The minimum Gasteiger partial charge on any atom is -0.343 e. The molecule has 0 saturated carbocycles. The molecule has 0 heterocycles. The highest BCUT2D eigenvalue weighted by Gasteiger charge is 2.10. The number of halogens is 1. The van der Waals surface area contributed by atoms with Crippen LogP contribution in [0.2, 0.25) is 0 Å². The van der Waals surface area contributed by atoms with Gasteiger partial charge < -0.3 is 10.6 Å². The largest absolute Gasteiger partial charge is 0.343 e. The molecule has 0 saturated heterocycles. The van der Waals surface area contributed by atoms with Crippen molar-refractivity contribution in [3.63, 3.8) is 0 Å². The third-order valence-electron chi connectivity index (χ3n) is 2.80. The molecule has 22 heavy (non-hydrogen) atoms. The highest BCUT2D eigenvalue weighted by molar-refractivity contribution is 14.1. The van der Waals surface area contributed by atoms with Gasteiger partial charge in [-0.1, -0.05) is 18.2 Å². The van der Waals surface area contributed by atoms with Crippen molar-refractivity contribution in [3.05, 3.63) is 63.2 Å². The number of nitrogens with zero attached hydrogens (tertiary/aromatic N) is 1. The summed E-state index contributed by atoms with van der Waals surface area (Å²) in [6, 6.07) is 15.7. The van der Waals surface area contributed by atoms with Gasteiger partial charge in [-0.2, -0.15) is 5.26 Å². The summed E-state index contributed by atoms with van der Waals surface area (Å²) in [4.78, 5) is 23.8. The van der Waals surface area contributed by atoms with Gasteiger partial charge in [0.15, 0.2) is 0 Å². The van der Waals surface area contributed by atoms with Crippen molar-refractivity contribution in [2.24, 2.45) is 0 Å². The van der Waals surface area contributed by atoms with E-state index in [2.05, 4.69) is 33.2 Å². The zero-order valence-electron chi connectivity index (χ0n) is 11.5. The lowest BCUT2D eigenvalue weighted by Crippen LogP contribution is -2.33. The smallest absolute Gasteiger partial charge is 0.252 e. The van der Waals surface area contributed by atoms with Gasteiger partial charge >= 0.3 is 0 Å². The van der Waals surface area contributed by atoms with E-state index in [1.807, 2.05) is 18.2 Å². The number of hydrogen-bond donors (Lipinski definition) is 2. The minimum absolute atomic E-state index is 0.138. The van der Waals surface area contributed by atoms with Gasteiger partial charge in [-0.15, -0.1) is 0 Å². The summed E-state index contributed by atoms with van der Waals surface area (Å²) in [5, 5.41) is 14.0. The lowest BCUT2D eigenvalue weighted by molar-refractivity contribution is -0.115. The Bertz CT molecular complexity index is 753. The Labute approximate surface area is 141 Å². The van der Waals surface area contributed by atoms with E-state index in [0.717, 1.165) is 3.57 Å². The molecule has 0 spiro atoms. The quantitative estimate of drug-likeness (QED) is 0.768. The van der Waals surface area contributed by atoms with Crippen molar-refractivity contribution in [2.75, 3.05) is 11.9 Å². The van der Waals surface area contributed by atoms with Crippen molar-refractivity contribution in [3.8, 4) is 6.07 Å². The van der Waals surface area contributed by atoms with Crippen LogP contribution in [0.4, 0.5) is 5.69 Å². The van der Waals surface area contributed by atoms with E-state index in [1.54, 1.807) is 36.4 Å². The Kier molecular flexibility index (Phi) is 5.49. The van der Waals surface area contributed by atoms with Crippen LogP contribution in [0.25, 0.3) is 0 Å². The Morgan fingerprint density at radius 2 is 1.91 bits per heavy atom. The fourth-order valence-electron chi connectivity index (χ4n) is 1.77. The maximum Gasteiger partial charge on any atom is 0.252 e. The highest BCUT2D eigenvalue weighted by Crippen LogP contribution is 2.11. The fraction of sp³-hybridized carbons (Fsp3) is 0.0625. The standard InChI is InChI=1S/C16H12IN3O2/c17-14-7-2-1-6-13(14)16(22)19-10-15(21)20-12-5-3-4-11(8-12)9-18/h1-8H,10H2,(H,19,22)(H,20,21). The first-order valence-corrected chi connectivity index (χ1v) is 7.51. The topological polar surface area (TPSA) is 82.0 Å². The molecule has 2 aromatic rings. The molecule has 0 aliphatic carbocycles. The van der Waals surface area contributed by atoms with Gasteiger partial charge in [0.25, 0.3) is 5.91 Å². The third kappa shape index (κ3) is 4.30. The number of nitriles is 1. The van der Waals surface area contributed by atoms with Gasteiger partial charge in [0, 0.05) is 9.26 Å².